The number of carboxylic acid groups (broad SMARTS) is 1. The molecule has 9 heteroatoms. The molecule has 0 bridgehead atoms. The van der Waals surface area contributed by atoms with Crippen LogP contribution in [0.25, 0.3) is 0 Å². The maximum Gasteiger partial charge on any atom is 0.408 e. The van der Waals surface area contributed by atoms with Crippen molar-refractivity contribution in [3.05, 3.63) is 0 Å². The Labute approximate surface area is 160 Å². The predicted octanol–water partition coefficient (Wildman–Crippen LogP) is 1.62. The first-order valence-corrected chi connectivity index (χ1v) is 9.53. The fourth-order valence-electron chi connectivity index (χ4n) is 2.84. The highest BCUT2D eigenvalue weighted by atomic mass is 16.6. The molecule has 0 aromatic rings. The summed E-state index contributed by atoms with van der Waals surface area (Å²) in [7, 11) is 0. The molecule has 5 N–H and O–H groups in total. The summed E-state index contributed by atoms with van der Waals surface area (Å²) in [6.45, 7) is 7.86. The summed E-state index contributed by atoms with van der Waals surface area (Å²) in [4.78, 5) is 22.7. The van der Waals surface area contributed by atoms with E-state index in [0.717, 1.165) is 12.8 Å². The summed E-state index contributed by atoms with van der Waals surface area (Å²) in [5, 5.41) is 28.5. The zero-order valence-electron chi connectivity index (χ0n) is 16.7. The minimum Gasteiger partial charge on any atom is -0.481 e. The molecule has 2 atom stereocenters. The molecule has 0 spiro atoms. The van der Waals surface area contributed by atoms with Crippen LogP contribution in [0.1, 0.15) is 59.8 Å². The summed E-state index contributed by atoms with van der Waals surface area (Å²) in [5.41, 5.74) is 2.00. The Morgan fingerprint density at radius 3 is 2.41 bits per heavy atom. The third-order valence-electron chi connectivity index (χ3n) is 4.39. The Bertz CT molecular complexity index is 498. The Hall–Kier alpha value is -1.87. The van der Waals surface area contributed by atoms with Crippen LogP contribution in [0.3, 0.4) is 0 Å². The molecular weight excluding hydrogens is 352 g/mol. The lowest BCUT2D eigenvalue weighted by Gasteiger charge is -2.27. The zero-order chi connectivity index (χ0) is 20.4. The van der Waals surface area contributed by atoms with Crippen molar-refractivity contribution in [3.63, 3.8) is 0 Å². The molecule has 1 fully saturated rings. The van der Waals surface area contributed by atoms with Crippen molar-refractivity contribution in [1.29, 1.82) is 0 Å². The monoisotopic (exact) mass is 386 g/mol. The van der Waals surface area contributed by atoms with Crippen LogP contribution < -0.4 is 16.1 Å². The van der Waals surface area contributed by atoms with E-state index in [-0.39, 0.29) is 12.0 Å². The fourth-order valence-corrected chi connectivity index (χ4v) is 2.84. The van der Waals surface area contributed by atoms with Gasteiger partial charge in [-0.15, -0.1) is 0 Å². The smallest absolute Gasteiger partial charge is 0.408 e. The van der Waals surface area contributed by atoms with Crippen molar-refractivity contribution in [2.45, 2.75) is 77.8 Å². The number of carbonyl (C=O) groups excluding carboxylic acids is 1. The van der Waals surface area contributed by atoms with E-state index in [1.54, 1.807) is 20.8 Å². The number of hydrogen-bond donors (Lipinski definition) is 5. The summed E-state index contributed by atoms with van der Waals surface area (Å²) in [6, 6.07) is -0.314. The second-order valence-corrected chi connectivity index (χ2v) is 7.93. The van der Waals surface area contributed by atoms with Crippen LogP contribution in [-0.2, 0) is 9.53 Å². The third-order valence-corrected chi connectivity index (χ3v) is 4.39. The van der Waals surface area contributed by atoms with Crippen molar-refractivity contribution < 1.29 is 24.5 Å². The normalized spacial score (nSPS) is 22.9. The van der Waals surface area contributed by atoms with Crippen LogP contribution in [0.4, 0.5) is 4.79 Å². The number of hydrazone groups is 1. The molecule has 0 heterocycles. The Kier molecular flexibility index (Phi) is 9.51. The lowest BCUT2D eigenvalue weighted by atomic mass is 9.82. The number of alkyl carbamates (subject to hydrolysis) is 1. The summed E-state index contributed by atoms with van der Waals surface area (Å²) >= 11 is 0. The Morgan fingerprint density at radius 1 is 1.26 bits per heavy atom. The van der Waals surface area contributed by atoms with E-state index in [1.165, 1.54) is 6.21 Å². The molecule has 9 nitrogen and oxygen atoms in total. The van der Waals surface area contributed by atoms with Crippen LogP contribution in [0.2, 0.25) is 0 Å². The lowest BCUT2D eigenvalue weighted by Crippen LogP contribution is -2.43. The summed E-state index contributed by atoms with van der Waals surface area (Å²) in [6.07, 6.45) is 3.62. The molecule has 27 heavy (non-hydrogen) atoms. The second-order valence-electron chi connectivity index (χ2n) is 7.93. The molecule has 0 aromatic carbocycles. The van der Waals surface area contributed by atoms with E-state index < -0.39 is 24.0 Å². The largest absolute Gasteiger partial charge is 0.481 e. The minimum atomic E-state index is -1.02. The molecule has 0 saturated heterocycles. The number of rotatable bonds is 9. The maximum atomic E-state index is 11.8. The minimum absolute atomic E-state index is 0.239. The van der Waals surface area contributed by atoms with Gasteiger partial charge >= 0.3 is 12.1 Å². The Balaban J connectivity index is 2.26. The molecule has 1 saturated carbocycles. The Morgan fingerprint density at radius 2 is 1.89 bits per heavy atom. The number of ether oxygens (including phenoxy) is 1. The van der Waals surface area contributed by atoms with E-state index in [4.69, 9.17) is 9.84 Å². The van der Waals surface area contributed by atoms with Gasteiger partial charge in [0.25, 0.3) is 0 Å². The number of aliphatic hydroxyl groups excluding tert-OH is 1. The average Bonchev–Trinajstić information content (AvgIpc) is 2.57. The van der Waals surface area contributed by atoms with Crippen LogP contribution in [-0.4, -0.2) is 53.0 Å². The van der Waals surface area contributed by atoms with Gasteiger partial charge in [-0.25, -0.2) is 4.79 Å². The molecule has 1 amide bonds. The molecule has 0 radical (unpaired) electrons. The van der Waals surface area contributed by atoms with E-state index in [9.17, 15) is 14.7 Å². The van der Waals surface area contributed by atoms with E-state index in [0.29, 0.717) is 31.7 Å². The zero-order valence-corrected chi connectivity index (χ0v) is 16.7. The fraction of sp³-hybridized carbons (Fsp3) is 0.833. The molecule has 156 valence electrons. The van der Waals surface area contributed by atoms with Gasteiger partial charge in [-0.3, -0.25) is 15.5 Å². The van der Waals surface area contributed by atoms with Crippen LogP contribution in [0, 0.1) is 11.8 Å². The quantitative estimate of drug-likeness (QED) is 0.231. The first-order chi connectivity index (χ1) is 12.6. The van der Waals surface area contributed by atoms with Crippen LogP contribution >= 0.6 is 0 Å². The number of carboxylic acids is 1. The highest BCUT2D eigenvalue weighted by Crippen LogP contribution is 2.28. The van der Waals surface area contributed by atoms with Gasteiger partial charge in [0, 0.05) is 12.8 Å². The second kappa shape index (κ2) is 11.1. The van der Waals surface area contributed by atoms with Crippen LogP contribution in [0.5, 0.6) is 0 Å². The number of amides is 1. The number of carbonyl (C=O) groups is 2. The molecule has 1 rings (SSSR count). The number of nitrogens with zero attached hydrogens (tertiary/aromatic N) is 1. The molecule has 1 aliphatic rings. The number of nitrogens with one attached hydrogen (secondary N) is 3. The van der Waals surface area contributed by atoms with Gasteiger partial charge in [-0.1, -0.05) is 6.92 Å². The van der Waals surface area contributed by atoms with E-state index >= 15 is 0 Å². The van der Waals surface area contributed by atoms with Gasteiger partial charge in [0.1, 0.15) is 5.60 Å². The van der Waals surface area contributed by atoms with E-state index in [1.807, 2.05) is 6.92 Å². The molecule has 0 aliphatic heterocycles. The van der Waals surface area contributed by atoms with Gasteiger partial charge in [-0.2, -0.15) is 5.10 Å². The highest BCUT2D eigenvalue weighted by molar-refractivity contribution is 5.75. The SMILES string of the molecule is CC[C@@H](/C=N/NC(O)NCC1CCC(C(=O)O)CC1)NC(=O)OC(C)(C)C. The third kappa shape index (κ3) is 10.1. The van der Waals surface area contributed by atoms with Gasteiger partial charge in [0.05, 0.1) is 12.0 Å². The standard InChI is InChI=1S/C18H34N4O5/c1-5-14(21-17(26)27-18(2,3)4)11-20-22-16(25)19-10-12-6-8-13(9-7-12)15(23)24/h11-14,16,19,22,25H,5-10H2,1-4H3,(H,21,26)(H,23,24)/b20-11+/t12?,13?,14-,16?/m0/s1. The summed E-state index contributed by atoms with van der Waals surface area (Å²) in [5.74, 6) is -0.612. The van der Waals surface area contributed by atoms with Crippen molar-refractivity contribution in [2.24, 2.45) is 16.9 Å². The lowest BCUT2D eigenvalue weighted by molar-refractivity contribution is -0.143. The van der Waals surface area contributed by atoms with E-state index in [2.05, 4.69) is 21.2 Å². The highest BCUT2D eigenvalue weighted by Gasteiger charge is 2.26. The molecular formula is C18H34N4O5. The van der Waals surface area contributed by atoms with Gasteiger partial charge < -0.3 is 20.3 Å². The maximum absolute atomic E-state index is 11.8. The average molecular weight is 386 g/mol. The van der Waals surface area contributed by atoms with Crippen molar-refractivity contribution >= 4 is 18.3 Å². The number of hydrogen-bond acceptors (Lipinski definition) is 7. The first-order valence-electron chi connectivity index (χ1n) is 9.53. The van der Waals surface area contributed by atoms with Gasteiger partial charge in [-0.05, 0) is 58.8 Å². The van der Waals surface area contributed by atoms with Gasteiger partial charge in [0.2, 0.25) is 0 Å². The molecule has 1 aliphatic carbocycles. The molecule has 1 unspecified atom stereocenters. The summed E-state index contributed by atoms with van der Waals surface area (Å²) < 4.78 is 5.19. The first kappa shape index (κ1) is 23.2. The topological polar surface area (TPSA) is 132 Å². The van der Waals surface area contributed by atoms with Crippen molar-refractivity contribution in [2.75, 3.05) is 6.54 Å². The van der Waals surface area contributed by atoms with Crippen molar-refractivity contribution in [1.82, 2.24) is 16.1 Å². The van der Waals surface area contributed by atoms with Gasteiger partial charge in [0.15, 0.2) is 6.35 Å². The number of aliphatic hydroxyl groups is 1. The van der Waals surface area contributed by atoms with Crippen LogP contribution in [0.15, 0.2) is 5.10 Å². The number of aliphatic carboxylic acids is 1. The predicted molar refractivity (Wildman–Crippen MR) is 102 cm³/mol. The van der Waals surface area contributed by atoms with Crippen molar-refractivity contribution in [3.8, 4) is 0 Å². The molecule has 0 aromatic heterocycles.